The van der Waals surface area contributed by atoms with Gasteiger partial charge in [-0.2, -0.15) is 0 Å². The third-order valence-corrected chi connectivity index (χ3v) is 2.90. The second kappa shape index (κ2) is 6.45. The number of nitrogens with zero attached hydrogens (tertiary/aromatic N) is 2. The molecule has 6 heteroatoms. The largest absolute Gasteiger partial charge is 0.493 e. The van der Waals surface area contributed by atoms with E-state index < -0.39 is 0 Å². The molecule has 2 N–H and O–H groups in total. The minimum absolute atomic E-state index is 0. The lowest BCUT2D eigenvalue weighted by Crippen LogP contribution is -2.16. The lowest BCUT2D eigenvalue weighted by molar-refractivity contribution is 0.354. The van der Waals surface area contributed by atoms with Gasteiger partial charge in [0.05, 0.1) is 20.3 Å². The maximum Gasteiger partial charge on any atom is 0.161 e. The van der Waals surface area contributed by atoms with E-state index in [2.05, 4.69) is 4.98 Å². The van der Waals surface area contributed by atoms with Gasteiger partial charge < -0.3 is 19.8 Å². The molecule has 0 saturated carbocycles. The van der Waals surface area contributed by atoms with Gasteiger partial charge in [-0.05, 0) is 17.7 Å². The minimum atomic E-state index is -0.287. The molecule has 0 spiro atoms. The predicted molar refractivity (Wildman–Crippen MR) is 76.0 cm³/mol. The first-order chi connectivity index (χ1) is 8.67. The number of aryl methyl sites for hydroxylation is 1. The van der Waals surface area contributed by atoms with Crippen LogP contribution in [0.3, 0.4) is 0 Å². The first-order valence-electron chi connectivity index (χ1n) is 5.62. The van der Waals surface area contributed by atoms with Crippen LogP contribution in [0, 0.1) is 0 Å². The number of methoxy groups -OCH3 is 2. The highest BCUT2D eigenvalue weighted by atomic mass is 35.5. The maximum absolute atomic E-state index is 6.20. The summed E-state index contributed by atoms with van der Waals surface area (Å²) in [6, 6.07) is 5.35. The van der Waals surface area contributed by atoms with Crippen molar-refractivity contribution in [3.63, 3.8) is 0 Å². The van der Waals surface area contributed by atoms with E-state index >= 15 is 0 Å². The Balaban J connectivity index is 0.00000180. The summed E-state index contributed by atoms with van der Waals surface area (Å²) in [7, 11) is 5.13. The van der Waals surface area contributed by atoms with Gasteiger partial charge in [0.2, 0.25) is 0 Å². The molecule has 0 amide bonds. The Hall–Kier alpha value is -1.72. The summed E-state index contributed by atoms with van der Waals surface area (Å²) in [4.78, 5) is 4.26. The molecule has 0 aliphatic heterocycles. The predicted octanol–water partition coefficient (Wildman–Crippen LogP) is 1.91. The van der Waals surface area contributed by atoms with E-state index in [0.717, 1.165) is 11.4 Å². The molecule has 0 aliphatic rings. The molecule has 19 heavy (non-hydrogen) atoms. The topological polar surface area (TPSA) is 62.3 Å². The zero-order chi connectivity index (χ0) is 13.1. The summed E-state index contributed by atoms with van der Waals surface area (Å²) < 4.78 is 12.4. The number of nitrogens with two attached hydrogens (primary N) is 1. The summed E-state index contributed by atoms with van der Waals surface area (Å²) in [6.45, 7) is 0. The number of rotatable bonds is 4. The van der Waals surface area contributed by atoms with Gasteiger partial charge in [0.15, 0.2) is 11.5 Å². The maximum atomic E-state index is 6.20. The van der Waals surface area contributed by atoms with Gasteiger partial charge in [-0.1, -0.05) is 6.07 Å². The van der Waals surface area contributed by atoms with E-state index in [1.165, 1.54) is 0 Å². The summed E-state index contributed by atoms with van der Waals surface area (Å²) >= 11 is 0. The Labute approximate surface area is 118 Å². The SMILES string of the molecule is COc1ccc(C(N)c2nccn2C)cc1OC.Cl. The molecular formula is C13H18ClN3O2. The molecule has 1 atom stereocenters. The van der Waals surface area contributed by atoms with Crippen molar-refractivity contribution in [2.24, 2.45) is 12.8 Å². The van der Waals surface area contributed by atoms with Gasteiger partial charge >= 0.3 is 0 Å². The number of halogens is 1. The number of benzene rings is 1. The van der Waals surface area contributed by atoms with Gasteiger partial charge in [-0.25, -0.2) is 4.98 Å². The molecule has 5 nitrogen and oxygen atoms in total. The summed E-state index contributed by atoms with van der Waals surface area (Å²) in [5.74, 6) is 2.16. The van der Waals surface area contributed by atoms with Crippen LogP contribution >= 0.6 is 12.4 Å². The van der Waals surface area contributed by atoms with E-state index in [1.54, 1.807) is 20.4 Å². The van der Waals surface area contributed by atoms with Crippen molar-refractivity contribution in [1.82, 2.24) is 9.55 Å². The molecule has 0 saturated heterocycles. The molecule has 2 aromatic rings. The summed E-state index contributed by atoms with van der Waals surface area (Å²) in [6.07, 6.45) is 3.60. The Kier molecular flexibility index (Phi) is 5.20. The molecule has 104 valence electrons. The van der Waals surface area contributed by atoms with Crippen LogP contribution < -0.4 is 15.2 Å². The van der Waals surface area contributed by atoms with Gasteiger partial charge in [-0.3, -0.25) is 0 Å². The zero-order valence-corrected chi connectivity index (χ0v) is 12.0. The molecule has 0 fully saturated rings. The molecule has 1 aromatic heterocycles. The normalized spacial score (nSPS) is 11.6. The van der Waals surface area contributed by atoms with Crippen LogP contribution in [-0.2, 0) is 7.05 Å². The van der Waals surface area contributed by atoms with Crippen molar-refractivity contribution in [3.05, 3.63) is 42.0 Å². The van der Waals surface area contributed by atoms with Gasteiger partial charge in [0.25, 0.3) is 0 Å². The van der Waals surface area contributed by atoms with Crippen molar-refractivity contribution < 1.29 is 9.47 Å². The molecule has 1 unspecified atom stereocenters. The van der Waals surface area contributed by atoms with Crippen molar-refractivity contribution in [1.29, 1.82) is 0 Å². The third-order valence-electron chi connectivity index (χ3n) is 2.90. The van der Waals surface area contributed by atoms with E-state index in [0.29, 0.717) is 11.5 Å². The Bertz CT molecular complexity index is 542. The van der Waals surface area contributed by atoms with E-state index in [1.807, 2.05) is 36.0 Å². The standard InChI is InChI=1S/C13H17N3O2.ClH/c1-16-7-6-15-13(16)12(14)9-4-5-10(17-2)11(8-9)18-3;/h4-8,12H,14H2,1-3H3;1H. The molecule has 0 aliphatic carbocycles. The van der Waals surface area contributed by atoms with Gasteiger partial charge in [-0.15, -0.1) is 12.4 Å². The first-order valence-corrected chi connectivity index (χ1v) is 5.62. The highest BCUT2D eigenvalue weighted by Gasteiger charge is 2.15. The molecule has 1 aromatic carbocycles. The molecule has 2 rings (SSSR count). The Morgan fingerprint density at radius 1 is 1.21 bits per heavy atom. The Morgan fingerprint density at radius 2 is 1.89 bits per heavy atom. The summed E-state index contributed by atoms with van der Waals surface area (Å²) in [5, 5.41) is 0. The highest BCUT2D eigenvalue weighted by Crippen LogP contribution is 2.30. The number of imidazole rings is 1. The number of aromatic nitrogens is 2. The fourth-order valence-corrected chi connectivity index (χ4v) is 1.87. The molecule has 0 bridgehead atoms. The average molecular weight is 284 g/mol. The summed E-state index contributed by atoms with van der Waals surface area (Å²) in [5.41, 5.74) is 7.13. The van der Waals surface area contributed by atoms with Crippen molar-refractivity contribution in [2.45, 2.75) is 6.04 Å². The smallest absolute Gasteiger partial charge is 0.161 e. The number of hydrogen-bond acceptors (Lipinski definition) is 4. The van der Waals surface area contributed by atoms with Crippen LogP contribution in [0.15, 0.2) is 30.6 Å². The molecule has 0 radical (unpaired) electrons. The zero-order valence-electron chi connectivity index (χ0n) is 11.2. The fourth-order valence-electron chi connectivity index (χ4n) is 1.87. The fraction of sp³-hybridized carbons (Fsp3) is 0.308. The minimum Gasteiger partial charge on any atom is -0.493 e. The van der Waals surface area contributed by atoms with E-state index in [-0.39, 0.29) is 18.4 Å². The second-order valence-corrected chi connectivity index (χ2v) is 3.99. The van der Waals surface area contributed by atoms with Crippen LogP contribution in [0.2, 0.25) is 0 Å². The molecule has 1 heterocycles. The van der Waals surface area contributed by atoms with Crippen molar-refractivity contribution in [2.75, 3.05) is 14.2 Å². The first kappa shape index (κ1) is 15.3. The van der Waals surface area contributed by atoms with E-state index in [4.69, 9.17) is 15.2 Å². The van der Waals surface area contributed by atoms with E-state index in [9.17, 15) is 0 Å². The van der Waals surface area contributed by atoms with Crippen LogP contribution in [0.4, 0.5) is 0 Å². The Morgan fingerprint density at radius 3 is 2.42 bits per heavy atom. The van der Waals surface area contributed by atoms with Crippen LogP contribution in [-0.4, -0.2) is 23.8 Å². The van der Waals surface area contributed by atoms with Gasteiger partial charge in [0.1, 0.15) is 5.82 Å². The number of ether oxygens (including phenoxy) is 2. The lowest BCUT2D eigenvalue weighted by atomic mass is 10.1. The van der Waals surface area contributed by atoms with Crippen molar-refractivity contribution >= 4 is 12.4 Å². The third kappa shape index (κ3) is 3.00. The quantitative estimate of drug-likeness (QED) is 0.931. The van der Waals surface area contributed by atoms with Crippen LogP contribution in [0.1, 0.15) is 17.4 Å². The van der Waals surface area contributed by atoms with Crippen LogP contribution in [0.5, 0.6) is 11.5 Å². The van der Waals surface area contributed by atoms with Gasteiger partial charge in [0, 0.05) is 19.4 Å². The highest BCUT2D eigenvalue weighted by molar-refractivity contribution is 5.85. The number of hydrogen-bond donors (Lipinski definition) is 1. The van der Waals surface area contributed by atoms with Crippen molar-refractivity contribution in [3.8, 4) is 11.5 Å². The van der Waals surface area contributed by atoms with Crippen LogP contribution in [0.25, 0.3) is 0 Å². The lowest BCUT2D eigenvalue weighted by Gasteiger charge is -2.14. The molecular weight excluding hydrogens is 266 g/mol. The average Bonchev–Trinajstić information content (AvgIpc) is 2.83. The monoisotopic (exact) mass is 283 g/mol. The second-order valence-electron chi connectivity index (χ2n) is 3.99.